The van der Waals surface area contributed by atoms with E-state index in [2.05, 4.69) is 24.1 Å². The summed E-state index contributed by atoms with van der Waals surface area (Å²) in [6, 6.07) is 13.3. The summed E-state index contributed by atoms with van der Waals surface area (Å²) >= 11 is 0. The molecule has 0 aliphatic rings. The van der Waals surface area contributed by atoms with E-state index in [1.165, 1.54) is 0 Å². The van der Waals surface area contributed by atoms with Crippen LogP contribution in [0.2, 0.25) is 0 Å². The summed E-state index contributed by atoms with van der Waals surface area (Å²) in [7, 11) is 1.85. The number of phenols is 1. The number of aromatic hydroxyl groups is 1. The van der Waals surface area contributed by atoms with E-state index in [0.29, 0.717) is 5.75 Å². The number of rotatable bonds is 3. The number of phenolic OH excluding ortho intramolecular Hbond substituents is 1. The minimum atomic E-state index is -0.335. The molecule has 0 spiro atoms. The molecule has 0 aliphatic heterocycles. The van der Waals surface area contributed by atoms with E-state index in [1.807, 2.05) is 43.4 Å². The average molecular weight is 242 g/mol. The van der Waals surface area contributed by atoms with Crippen LogP contribution in [0.4, 0.5) is 5.82 Å². The Balaban J connectivity index is 2.50. The highest BCUT2D eigenvalue weighted by Gasteiger charge is 2.27. The van der Waals surface area contributed by atoms with Gasteiger partial charge in [0.25, 0.3) is 0 Å². The monoisotopic (exact) mass is 242 g/mol. The van der Waals surface area contributed by atoms with Crippen LogP contribution in [-0.4, -0.2) is 17.1 Å². The van der Waals surface area contributed by atoms with Crippen LogP contribution in [0.3, 0.4) is 0 Å². The molecule has 0 saturated carbocycles. The van der Waals surface area contributed by atoms with Crippen molar-refractivity contribution in [3.63, 3.8) is 0 Å². The van der Waals surface area contributed by atoms with Crippen molar-refractivity contribution in [2.24, 2.45) is 0 Å². The Bertz CT molecular complexity index is 550. The number of pyridine rings is 1. The third-order valence-corrected chi connectivity index (χ3v) is 3.22. The first-order valence-corrected chi connectivity index (χ1v) is 5.99. The molecule has 1 aromatic carbocycles. The molecule has 0 bridgehead atoms. The van der Waals surface area contributed by atoms with Crippen molar-refractivity contribution >= 4 is 5.82 Å². The number of hydrogen-bond donors (Lipinski definition) is 2. The molecule has 2 N–H and O–H groups in total. The molecule has 0 aliphatic carbocycles. The van der Waals surface area contributed by atoms with E-state index in [0.717, 1.165) is 17.1 Å². The lowest BCUT2D eigenvalue weighted by Crippen LogP contribution is -2.21. The minimum Gasteiger partial charge on any atom is -0.508 e. The van der Waals surface area contributed by atoms with Crippen molar-refractivity contribution in [2.45, 2.75) is 19.3 Å². The van der Waals surface area contributed by atoms with Crippen molar-refractivity contribution in [1.82, 2.24) is 4.98 Å². The molecule has 3 nitrogen and oxygen atoms in total. The number of nitrogens with zero attached hydrogens (tertiary/aromatic N) is 1. The predicted molar refractivity (Wildman–Crippen MR) is 74.0 cm³/mol. The molecule has 18 heavy (non-hydrogen) atoms. The molecule has 0 radical (unpaired) electrons. The molecule has 2 rings (SSSR count). The zero-order valence-corrected chi connectivity index (χ0v) is 10.9. The lowest BCUT2D eigenvalue weighted by Gasteiger charge is -2.26. The molecule has 0 amide bonds. The lowest BCUT2D eigenvalue weighted by atomic mass is 9.80. The Morgan fingerprint density at radius 3 is 2.44 bits per heavy atom. The second-order valence-corrected chi connectivity index (χ2v) is 4.80. The first kappa shape index (κ1) is 12.4. The molecule has 0 saturated heterocycles. The Hall–Kier alpha value is -2.03. The lowest BCUT2D eigenvalue weighted by molar-refractivity contribution is 0.451. The van der Waals surface area contributed by atoms with Crippen LogP contribution in [0.5, 0.6) is 5.75 Å². The van der Waals surface area contributed by atoms with Crippen molar-refractivity contribution in [3.05, 3.63) is 53.7 Å². The van der Waals surface area contributed by atoms with E-state index < -0.39 is 0 Å². The van der Waals surface area contributed by atoms with Crippen LogP contribution in [0.15, 0.2) is 42.5 Å². The fourth-order valence-electron chi connectivity index (χ4n) is 2.06. The van der Waals surface area contributed by atoms with Gasteiger partial charge in [-0.15, -0.1) is 0 Å². The normalized spacial score (nSPS) is 11.3. The zero-order valence-electron chi connectivity index (χ0n) is 10.9. The van der Waals surface area contributed by atoms with Crippen molar-refractivity contribution < 1.29 is 5.11 Å². The minimum absolute atomic E-state index is 0.305. The molecule has 1 heterocycles. The molecule has 0 unspecified atom stereocenters. The smallest absolute Gasteiger partial charge is 0.125 e. The number of nitrogens with one attached hydrogen (secondary N) is 1. The van der Waals surface area contributed by atoms with Crippen LogP contribution in [0.25, 0.3) is 0 Å². The van der Waals surface area contributed by atoms with Crippen molar-refractivity contribution in [3.8, 4) is 5.75 Å². The maximum atomic E-state index is 9.99. The summed E-state index contributed by atoms with van der Waals surface area (Å²) in [5.41, 5.74) is 1.47. The van der Waals surface area contributed by atoms with Crippen molar-refractivity contribution in [2.75, 3.05) is 12.4 Å². The molecule has 1 aromatic heterocycles. The van der Waals surface area contributed by atoms with E-state index >= 15 is 0 Å². The van der Waals surface area contributed by atoms with Crippen LogP contribution < -0.4 is 5.32 Å². The highest BCUT2D eigenvalue weighted by atomic mass is 16.3. The maximum absolute atomic E-state index is 9.99. The van der Waals surface area contributed by atoms with Gasteiger partial charge in [0, 0.05) is 18.0 Å². The predicted octanol–water partition coefficient (Wildman–Crippen LogP) is 3.15. The number of aromatic nitrogens is 1. The molecule has 3 heteroatoms. The number of benzene rings is 1. The zero-order chi connectivity index (χ0) is 13.2. The standard InChI is InChI=1S/C15H18N2O/c1-15(2,11-7-4-5-8-12(11)18)13-9-6-10-14(16-3)17-13/h4-10,18H,1-3H3,(H,16,17). The molecule has 0 fully saturated rings. The van der Waals surface area contributed by atoms with E-state index in [1.54, 1.807) is 6.07 Å². The summed E-state index contributed by atoms with van der Waals surface area (Å²) in [5, 5.41) is 13.0. The van der Waals surface area contributed by atoms with Gasteiger partial charge in [0.15, 0.2) is 0 Å². The highest BCUT2D eigenvalue weighted by Crippen LogP contribution is 2.35. The first-order chi connectivity index (χ1) is 8.55. The average Bonchev–Trinajstić information content (AvgIpc) is 2.39. The fraction of sp³-hybridized carbons (Fsp3) is 0.267. The van der Waals surface area contributed by atoms with Gasteiger partial charge in [0.05, 0.1) is 5.69 Å². The number of hydrogen-bond acceptors (Lipinski definition) is 3. The van der Waals surface area contributed by atoms with Gasteiger partial charge in [-0.2, -0.15) is 0 Å². The van der Waals surface area contributed by atoms with E-state index in [9.17, 15) is 5.11 Å². The second-order valence-electron chi connectivity index (χ2n) is 4.80. The third-order valence-electron chi connectivity index (χ3n) is 3.22. The van der Waals surface area contributed by atoms with Gasteiger partial charge in [-0.3, -0.25) is 0 Å². The quantitative estimate of drug-likeness (QED) is 0.869. The van der Waals surface area contributed by atoms with Crippen LogP contribution in [0, 0.1) is 0 Å². The molecular weight excluding hydrogens is 224 g/mol. The Labute approximate surface area is 108 Å². The Kier molecular flexibility index (Phi) is 3.24. The topological polar surface area (TPSA) is 45.1 Å². The number of para-hydroxylation sites is 1. The summed E-state index contributed by atoms with van der Waals surface area (Å²) in [6.45, 7) is 4.12. The molecule has 2 aromatic rings. The Morgan fingerprint density at radius 2 is 1.78 bits per heavy atom. The van der Waals surface area contributed by atoms with Gasteiger partial charge in [0.1, 0.15) is 11.6 Å². The number of anilines is 1. The largest absolute Gasteiger partial charge is 0.508 e. The van der Waals surface area contributed by atoms with Crippen LogP contribution in [0.1, 0.15) is 25.1 Å². The first-order valence-electron chi connectivity index (χ1n) is 5.99. The second kappa shape index (κ2) is 4.69. The molecule has 0 atom stereocenters. The van der Waals surface area contributed by atoms with Crippen molar-refractivity contribution in [1.29, 1.82) is 0 Å². The van der Waals surface area contributed by atoms with Gasteiger partial charge < -0.3 is 10.4 Å². The summed E-state index contributed by atoms with van der Waals surface area (Å²) in [4.78, 5) is 4.56. The third kappa shape index (κ3) is 2.16. The van der Waals surface area contributed by atoms with Gasteiger partial charge in [-0.25, -0.2) is 4.98 Å². The van der Waals surface area contributed by atoms with E-state index in [4.69, 9.17) is 0 Å². The van der Waals surface area contributed by atoms with E-state index in [-0.39, 0.29) is 5.41 Å². The summed E-state index contributed by atoms with van der Waals surface area (Å²) in [6.07, 6.45) is 0. The maximum Gasteiger partial charge on any atom is 0.125 e. The Morgan fingerprint density at radius 1 is 1.06 bits per heavy atom. The summed E-state index contributed by atoms with van der Waals surface area (Å²) < 4.78 is 0. The molecular formula is C15H18N2O. The fourth-order valence-corrected chi connectivity index (χ4v) is 2.06. The van der Waals surface area contributed by atoms with Gasteiger partial charge >= 0.3 is 0 Å². The van der Waals surface area contributed by atoms with Crippen LogP contribution >= 0.6 is 0 Å². The SMILES string of the molecule is CNc1cccc(C(C)(C)c2ccccc2O)n1. The van der Waals surface area contributed by atoms with Gasteiger partial charge in [0.2, 0.25) is 0 Å². The highest BCUT2D eigenvalue weighted by molar-refractivity contribution is 5.45. The molecule has 94 valence electrons. The van der Waals surface area contributed by atoms with Crippen LogP contribution in [-0.2, 0) is 5.41 Å². The summed E-state index contributed by atoms with van der Waals surface area (Å²) in [5.74, 6) is 1.13. The van der Waals surface area contributed by atoms with Gasteiger partial charge in [-0.05, 0) is 18.2 Å². The van der Waals surface area contributed by atoms with Gasteiger partial charge in [-0.1, -0.05) is 38.1 Å².